The topological polar surface area (TPSA) is 346 Å². The van der Waals surface area contributed by atoms with Gasteiger partial charge < -0.3 is 73.2 Å². The molecule has 5 rings (SSSR count). The number of nitrogens with zero attached hydrogens (tertiary/aromatic N) is 3. The normalized spacial score (nSPS) is 13.7. The number of nitrogens with one attached hydrogen (secondary N) is 2. The highest BCUT2D eigenvalue weighted by Gasteiger charge is 2.37. The molecule has 2 aliphatic heterocycles. The van der Waals surface area contributed by atoms with Crippen LogP contribution >= 0.6 is 0 Å². The van der Waals surface area contributed by atoms with Crippen molar-refractivity contribution in [1.82, 2.24) is 20.0 Å². The van der Waals surface area contributed by atoms with E-state index in [1.54, 1.807) is 70.2 Å². The molecule has 0 aliphatic carbocycles. The van der Waals surface area contributed by atoms with Crippen LogP contribution in [0.2, 0.25) is 0 Å². The largest absolute Gasteiger partial charge is 0.444 e. The Hall–Kier alpha value is -6.35. The zero-order chi connectivity index (χ0) is 69.2. The van der Waals surface area contributed by atoms with Gasteiger partial charge in [-0.05, 0) is 69.5 Å². The average molecular weight is 1400 g/mol. The lowest BCUT2D eigenvalue weighted by molar-refractivity contribution is -0.180. The maximum absolute atomic E-state index is 14.0. The average Bonchev–Trinajstić information content (AvgIpc) is 0.893. The van der Waals surface area contributed by atoms with Crippen LogP contribution in [-0.2, 0) is 91.5 Å². The predicted molar refractivity (Wildman–Crippen MR) is 332 cm³/mol. The highest BCUT2D eigenvalue weighted by Crippen LogP contribution is 2.35. The van der Waals surface area contributed by atoms with Crippen LogP contribution < -0.4 is 21.1 Å². The highest BCUT2D eigenvalue weighted by atomic mass is 32.2. The van der Waals surface area contributed by atoms with Gasteiger partial charge in [-0.25, -0.2) is 32.0 Å². The number of nitrogens with two attached hydrogens (primary N) is 1. The van der Waals surface area contributed by atoms with Gasteiger partial charge >= 0.3 is 22.2 Å². The van der Waals surface area contributed by atoms with Gasteiger partial charge in [0.2, 0.25) is 33.3 Å². The second-order valence-corrected chi connectivity index (χ2v) is 25.1. The third-order valence-electron chi connectivity index (χ3n) is 13.2. The van der Waals surface area contributed by atoms with Crippen LogP contribution in [0.5, 0.6) is 5.75 Å². The number of alkyl carbamates (subject to hydrolysis) is 1. The van der Waals surface area contributed by atoms with E-state index in [1.807, 2.05) is 6.07 Å². The molecule has 0 spiro atoms. The lowest BCUT2D eigenvalue weighted by atomic mass is 10.0. The van der Waals surface area contributed by atoms with Crippen molar-refractivity contribution in [2.75, 3.05) is 171 Å². The number of carbonyl (C=O) groups is 4. The molecule has 0 saturated carbocycles. The molecule has 0 bridgehead atoms. The monoisotopic (exact) mass is 1390 g/mol. The lowest BCUT2D eigenvalue weighted by Crippen LogP contribution is -2.53. The number of aliphatic imine (C=N–C) groups is 1. The molecule has 3 aromatic rings. The standard InChI is InChI=1S/C61H86F4N6O22S2/c1-5-91-71(15-7-14-67-60(75)93-61(2,3)4)59(74)47-36-46-11-10-45(38-49(46)69-50(66)39-47)44-8-6-9-48(37-44)94(76,77)70-41-43(42-70)40-68-51(72)12-16-81-18-20-83-22-24-85-26-28-87-30-32-89-34-35-90-33-31-88-29-27-86-25-23-84-21-19-82-17-13-52(73)92-57-53(62)55(64)58(95(78,79)80)56(65)54(57)63/h6,8-11,36-38,43H,5,7,12-35,39-42H2,1-4H3,(H2,66,69)(H,67,75)(H,68,72)(H,78,79,80). The van der Waals surface area contributed by atoms with Gasteiger partial charge in [0.05, 0.1) is 162 Å². The molecule has 1 fully saturated rings. The molecule has 0 radical (unpaired) electrons. The number of esters is 1. The smallest absolute Gasteiger partial charge is 0.407 e. The molecular weight excluding hydrogens is 1310 g/mol. The van der Waals surface area contributed by atoms with Gasteiger partial charge in [-0.1, -0.05) is 24.3 Å². The Morgan fingerprint density at radius 2 is 1.15 bits per heavy atom. The minimum atomic E-state index is -5.66. The van der Waals surface area contributed by atoms with E-state index in [2.05, 4.69) is 20.4 Å². The van der Waals surface area contributed by atoms with Crippen molar-refractivity contribution in [1.29, 1.82) is 0 Å². The number of fused-ring (bicyclic) bond motifs is 1. The number of hydrogen-bond acceptors (Lipinski definition) is 23. The fourth-order valence-corrected chi connectivity index (χ4v) is 10.9. The summed E-state index contributed by atoms with van der Waals surface area (Å²) in [5, 5.41) is 6.79. The number of carbonyl (C=O) groups excluding carboxylic acids is 4. The Bertz CT molecular complexity index is 3200. The summed E-state index contributed by atoms with van der Waals surface area (Å²) in [6, 6.07) is 12.0. The van der Waals surface area contributed by atoms with Crippen LogP contribution in [0, 0.1) is 29.2 Å². The maximum Gasteiger partial charge on any atom is 0.407 e. The molecule has 532 valence electrons. The molecule has 0 aromatic heterocycles. The molecular formula is C61H86F4N6O22S2. The minimum absolute atomic E-state index is 0.00774. The SMILES string of the molecule is CCON(CCCNC(=O)OC(C)(C)C)C(=O)C1=Cc2ccc(-c3cccc(S(=O)(=O)N4CC(CNC(=O)CCOCCOCCOCCOCCOCCOCCOCCOCCOCCOCCC(=O)Oc5c(F)c(F)c(S(=O)(=O)O)c(F)c5F)C4)c3)cc2N=C(N)C1. The molecule has 34 heteroatoms. The second kappa shape index (κ2) is 41.7. The minimum Gasteiger partial charge on any atom is -0.444 e. The Balaban J connectivity index is 0.781. The highest BCUT2D eigenvalue weighted by molar-refractivity contribution is 7.89. The number of hydrogen-bond donors (Lipinski definition) is 4. The van der Waals surface area contributed by atoms with Crippen molar-refractivity contribution < 1.29 is 120 Å². The van der Waals surface area contributed by atoms with Crippen molar-refractivity contribution in [2.24, 2.45) is 16.6 Å². The number of ether oxygens (including phenoxy) is 12. The van der Waals surface area contributed by atoms with Crippen molar-refractivity contribution >= 4 is 61.6 Å². The van der Waals surface area contributed by atoms with E-state index in [0.29, 0.717) is 133 Å². The van der Waals surface area contributed by atoms with Gasteiger partial charge in [0.15, 0.2) is 16.5 Å². The van der Waals surface area contributed by atoms with Crippen LogP contribution in [0.1, 0.15) is 58.9 Å². The number of hydroxylamine groups is 2. The lowest BCUT2D eigenvalue weighted by Gasteiger charge is -2.38. The summed E-state index contributed by atoms with van der Waals surface area (Å²) in [5.74, 6) is -13.2. The summed E-state index contributed by atoms with van der Waals surface area (Å²) in [6.07, 6.45) is 1.18. The third-order valence-corrected chi connectivity index (χ3v) is 15.9. The summed E-state index contributed by atoms with van der Waals surface area (Å²) < 4.78 is 179. The Morgan fingerprint density at radius 1 is 0.663 bits per heavy atom. The number of amidine groups is 1. The molecule has 0 unspecified atom stereocenters. The Morgan fingerprint density at radius 3 is 1.63 bits per heavy atom. The number of amides is 3. The maximum atomic E-state index is 14.0. The molecule has 1 saturated heterocycles. The van der Waals surface area contributed by atoms with Crippen molar-refractivity contribution in [3.8, 4) is 16.9 Å². The molecule has 28 nitrogen and oxygen atoms in total. The first kappa shape index (κ1) is 79.3. The van der Waals surface area contributed by atoms with Crippen LogP contribution in [-0.4, -0.2) is 238 Å². The van der Waals surface area contributed by atoms with Crippen LogP contribution in [0.25, 0.3) is 17.2 Å². The van der Waals surface area contributed by atoms with Gasteiger partial charge in [0.25, 0.3) is 5.91 Å². The fourth-order valence-electron chi connectivity index (χ4n) is 8.63. The van der Waals surface area contributed by atoms with Crippen LogP contribution in [0.3, 0.4) is 0 Å². The van der Waals surface area contributed by atoms with Crippen LogP contribution in [0.15, 0.2) is 62.8 Å². The van der Waals surface area contributed by atoms with Gasteiger partial charge in [-0.15, -0.1) is 0 Å². The number of benzene rings is 3. The Kier molecular flexibility index (Phi) is 34.8. The number of rotatable bonds is 47. The zero-order valence-electron chi connectivity index (χ0n) is 53.7. The van der Waals surface area contributed by atoms with E-state index < -0.39 is 78.1 Å². The first-order valence-corrected chi connectivity index (χ1v) is 33.6. The van der Waals surface area contributed by atoms with Crippen LogP contribution in [0.4, 0.5) is 28.0 Å². The zero-order valence-corrected chi connectivity index (χ0v) is 55.3. The van der Waals surface area contributed by atoms with E-state index in [-0.39, 0.29) is 114 Å². The van der Waals surface area contributed by atoms with Crippen molar-refractivity contribution in [2.45, 2.75) is 68.8 Å². The first-order chi connectivity index (χ1) is 45.4. The van der Waals surface area contributed by atoms with Crippen molar-refractivity contribution in [3.63, 3.8) is 0 Å². The van der Waals surface area contributed by atoms with E-state index in [1.165, 1.54) is 9.37 Å². The molecule has 0 atom stereocenters. The molecule has 3 amide bonds. The van der Waals surface area contributed by atoms with E-state index in [0.717, 1.165) is 0 Å². The van der Waals surface area contributed by atoms with E-state index in [9.17, 15) is 53.6 Å². The second-order valence-electron chi connectivity index (χ2n) is 21.8. The van der Waals surface area contributed by atoms with Gasteiger partial charge in [-0.2, -0.15) is 21.5 Å². The quantitative estimate of drug-likeness (QED) is 0.0111. The summed E-state index contributed by atoms with van der Waals surface area (Å²) in [6.45, 7) is 13.9. The van der Waals surface area contributed by atoms with E-state index in [4.69, 9.17) is 67.2 Å². The summed E-state index contributed by atoms with van der Waals surface area (Å²) in [5.41, 5.74) is 8.52. The molecule has 2 heterocycles. The molecule has 3 aromatic carbocycles. The number of halogens is 4. The number of sulfonamides is 1. The van der Waals surface area contributed by atoms with Crippen molar-refractivity contribution in [3.05, 3.63) is 76.9 Å². The fraction of sp³-hybridized carbons (Fsp3) is 0.590. The first-order valence-electron chi connectivity index (χ1n) is 30.7. The van der Waals surface area contributed by atoms with E-state index >= 15 is 0 Å². The summed E-state index contributed by atoms with van der Waals surface area (Å²) in [7, 11) is -9.50. The van der Waals surface area contributed by atoms with Gasteiger partial charge in [0.1, 0.15) is 11.4 Å². The Labute approximate surface area is 550 Å². The molecule has 2 aliphatic rings. The third kappa shape index (κ3) is 28.7. The summed E-state index contributed by atoms with van der Waals surface area (Å²) in [4.78, 5) is 58.2. The molecule has 5 N–H and O–H groups in total. The van der Waals surface area contributed by atoms with Gasteiger partial charge in [0, 0.05) is 56.1 Å². The summed E-state index contributed by atoms with van der Waals surface area (Å²) >= 11 is 0. The van der Waals surface area contributed by atoms with Gasteiger partial charge in [-0.3, -0.25) is 23.8 Å². The predicted octanol–water partition coefficient (Wildman–Crippen LogP) is 4.92. The molecule has 95 heavy (non-hydrogen) atoms.